The second-order valence-electron chi connectivity index (χ2n) is 12.3. The number of piperazine rings is 1. The van der Waals surface area contributed by atoms with Crippen molar-refractivity contribution in [3.05, 3.63) is 96.2 Å². The zero-order chi connectivity index (χ0) is 33.8. The van der Waals surface area contributed by atoms with Gasteiger partial charge in [-0.05, 0) is 74.2 Å². The molecule has 47 heavy (non-hydrogen) atoms. The molecule has 0 aliphatic carbocycles. The average Bonchev–Trinajstić information content (AvgIpc) is 3.06. The molecule has 0 spiro atoms. The number of aromatic nitrogens is 1. The molecular weight excluding hydrogens is 618 g/mol. The highest BCUT2D eigenvalue weighted by Gasteiger charge is 2.34. The molecule has 1 aliphatic rings. The monoisotopic (exact) mass is 655 g/mol. The van der Waals surface area contributed by atoms with Crippen molar-refractivity contribution < 1.29 is 26.9 Å². The quantitative estimate of drug-likeness (QED) is 0.241. The van der Waals surface area contributed by atoms with Crippen LogP contribution in [0, 0.1) is 11.3 Å². The molecule has 0 bridgehead atoms. The Morgan fingerprint density at radius 1 is 0.957 bits per heavy atom. The number of fused-ring (bicyclic) bond motifs is 1. The molecule has 0 saturated carbocycles. The van der Waals surface area contributed by atoms with Gasteiger partial charge < -0.3 is 18.7 Å². The van der Waals surface area contributed by atoms with Crippen LogP contribution in [0.5, 0.6) is 5.75 Å². The van der Waals surface area contributed by atoms with Gasteiger partial charge in [0.15, 0.2) is 0 Å². The molecule has 244 valence electrons. The fourth-order valence-electron chi connectivity index (χ4n) is 5.36. The molecule has 1 aromatic heterocycles. The van der Waals surface area contributed by atoms with Gasteiger partial charge in [-0.1, -0.05) is 36.4 Å². The molecule has 12 heteroatoms. The number of carbonyl (C=O) groups is 2. The topological polar surface area (TPSA) is 133 Å². The first-order valence-corrected chi connectivity index (χ1v) is 16.6. The number of nitriles is 1. The highest BCUT2D eigenvalue weighted by atomic mass is 32.2. The van der Waals surface area contributed by atoms with E-state index in [4.69, 9.17) is 14.2 Å². The Labute approximate surface area is 275 Å². The van der Waals surface area contributed by atoms with E-state index < -0.39 is 27.9 Å². The number of ether oxygens (including phenoxy) is 1. The van der Waals surface area contributed by atoms with Crippen LogP contribution in [-0.4, -0.2) is 80.1 Å². The molecule has 0 N–H and O–H groups in total. The molecule has 2 amide bonds. The zero-order valence-electron chi connectivity index (χ0n) is 26.8. The van der Waals surface area contributed by atoms with E-state index in [-0.39, 0.29) is 23.1 Å². The van der Waals surface area contributed by atoms with E-state index in [1.807, 2.05) is 18.2 Å². The minimum atomic E-state index is -4.23. The van der Waals surface area contributed by atoms with Gasteiger partial charge in [-0.25, -0.2) is 9.78 Å². The predicted molar refractivity (Wildman–Crippen MR) is 177 cm³/mol. The number of carbonyl (C=O) groups excluding carboxylic acids is 2. The van der Waals surface area contributed by atoms with Crippen molar-refractivity contribution in [2.75, 3.05) is 38.1 Å². The van der Waals surface area contributed by atoms with Gasteiger partial charge in [0.05, 0.1) is 11.6 Å². The predicted octanol–water partition coefficient (Wildman–Crippen LogP) is 5.00. The Morgan fingerprint density at radius 3 is 2.26 bits per heavy atom. The van der Waals surface area contributed by atoms with Crippen molar-refractivity contribution in [1.82, 2.24) is 14.8 Å². The summed E-state index contributed by atoms with van der Waals surface area (Å²) in [6.07, 6.45) is 0.968. The molecule has 1 aliphatic heterocycles. The summed E-state index contributed by atoms with van der Waals surface area (Å²) in [6.45, 7) is 7.36. The number of benzene rings is 3. The number of hydrogen-bond acceptors (Lipinski definition) is 9. The molecule has 5 rings (SSSR count). The zero-order valence-corrected chi connectivity index (χ0v) is 27.6. The smallest absolute Gasteiger partial charge is 0.410 e. The Balaban J connectivity index is 1.31. The van der Waals surface area contributed by atoms with Crippen LogP contribution in [0.4, 0.5) is 10.5 Å². The average molecular weight is 656 g/mol. The van der Waals surface area contributed by atoms with Gasteiger partial charge >= 0.3 is 16.2 Å². The third kappa shape index (κ3) is 7.99. The third-order valence-electron chi connectivity index (χ3n) is 7.82. The second kappa shape index (κ2) is 13.7. The van der Waals surface area contributed by atoms with Gasteiger partial charge in [-0.15, -0.1) is 0 Å². The first-order chi connectivity index (χ1) is 22.3. The number of nitrogens with zero attached hydrogens (tertiary/aromatic N) is 5. The normalized spacial score (nSPS) is 14.3. The van der Waals surface area contributed by atoms with Gasteiger partial charge in [0.2, 0.25) is 10.9 Å². The van der Waals surface area contributed by atoms with Crippen LogP contribution in [-0.2, 0) is 26.1 Å². The van der Waals surface area contributed by atoms with E-state index >= 15 is 0 Å². The lowest BCUT2D eigenvalue weighted by Crippen LogP contribution is -2.56. The number of hydrogen-bond donors (Lipinski definition) is 0. The minimum absolute atomic E-state index is 0.0887. The summed E-state index contributed by atoms with van der Waals surface area (Å²) < 4.78 is 37.3. The number of likely N-dealkylation sites (N-methyl/N-ethyl adjacent to an activating group) is 1. The molecule has 1 atom stereocenters. The van der Waals surface area contributed by atoms with Gasteiger partial charge in [0.1, 0.15) is 17.4 Å². The lowest BCUT2D eigenvalue weighted by molar-refractivity contribution is -0.136. The van der Waals surface area contributed by atoms with E-state index in [1.165, 1.54) is 23.2 Å². The van der Waals surface area contributed by atoms with E-state index in [1.54, 1.807) is 81.2 Å². The lowest BCUT2D eigenvalue weighted by Gasteiger charge is -2.39. The van der Waals surface area contributed by atoms with Crippen molar-refractivity contribution >= 4 is 38.6 Å². The summed E-state index contributed by atoms with van der Waals surface area (Å²) in [5, 5.41) is 10.1. The van der Waals surface area contributed by atoms with E-state index in [9.17, 15) is 18.0 Å². The van der Waals surface area contributed by atoms with Crippen LogP contribution in [0.1, 0.15) is 31.9 Å². The number of rotatable bonds is 8. The minimum Gasteiger partial charge on any atom is -0.444 e. The molecule has 0 radical (unpaired) electrons. The molecule has 4 aromatic rings. The van der Waals surface area contributed by atoms with E-state index in [2.05, 4.69) is 16.0 Å². The lowest BCUT2D eigenvalue weighted by atomic mass is 10.0. The summed E-state index contributed by atoms with van der Waals surface area (Å²) in [4.78, 5) is 36.4. The van der Waals surface area contributed by atoms with Crippen molar-refractivity contribution in [3.63, 3.8) is 0 Å². The molecular formula is C35H37N5O6S. The Morgan fingerprint density at radius 2 is 1.62 bits per heavy atom. The molecule has 1 fully saturated rings. The van der Waals surface area contributed by atoms with Crippen LogP contribution >= 0.6 is 0 Å². The fourth-order valence-corrected chi connectivity index (χ4v) is 6.44. The largest absolute Gasteiger partial charge is 0.444 e. The Hall–Kier alpha value is -5.15. The number of anilines is 1. The van der Waals surface area contributed by atoms with Gasteiger partial charge in [-0.3, -0.25) is 9.69 Å². The molecule has 0 unspecified atom stereocenters. The fraction of sp³-hybridized carbons (Fsp3) is 0.314. The highest BCUT2D eigenvalue weighted by Crippen LogP contribution is 2.26. The van der Waals surface area contributed by atoms with Gasteiger partial charge in [-0.2, -0.15) is 13.7 Å². The summed E-state index contributed by atoms with van der Waals surface area (Å²) in [5.74, 6) is -0.131. The number of amides is 2. The first-order valence-electron chi connectivity index (χ1n) is 15.2. The van der Waals surface area contributed by atoms with Crippen LogP contribution in [0.25, 0.3) is 10.8 Å². The first kappa shape index (κ1) is 33.2. The van der Waals surface area contributed by atoms with Crippen LogP contribution in [0.15, 0.2) is 90.1 Å². The van der Waals surface area contributed by atoms with E-state index in [0.717, 1.165) is 11.1 Å². The van der Waals surface area contributed by atoms with Crippen molar-refractivity contribution in [2.45, 2.75) is 43.9 Å². The number of pyridine rings is 1. The van der Waals surface area contributed by atoms with Crippen LogP contribution < -0.4 is 9.08 Å². The van der Waals surface area contributed by atoms with Crippen molar-refractivity contribution in [1.29, 1.82) is 5.26 Å². The summed E-state index contributed by atoms with van der Waals surface area (Å²) in [6, 6.07) is 23.7. The molecule has 3 aromatic carbocycles. The Kier molecular flexibility index (Phi) is 9.67. The Bertz CT molecular complexity index is 1890. The summed E-state index contributed by atoms with van der Waals surface area (Å²) >= 11 is 0. The second-order valence-corrected chi connectivity index (χ2v) is 13.8. The summed E-state index contributed by atoms with van der Waals surface area (Å²) in [7, 11) is -2.69. The van der Waals surface area contributed by atoms with Crippen LogP contribution in [0.3, 0.4) is 0 Å². The highest BCUT2D eigenvalue weighted by molar-refractivity contribution is 7.87. The standard InChI is InChI=1S/C35H37N5O6S/c1-35(2,3)45-34(42)38(4)31(33(41)40-21-19-39(20-22-40)28-13-9-26(24-36)10-14-28)23-25-11-15-29(16-12-25)46-47(43,44)32-30-8-6-5-7-27(30)17-18-37-32/h5-18,31H,19-23H2,1-4H3/t31-/m0/s1. The maximum atomic E-state index is 14.0. The molecule has 2 heterocycles. The van der Waals surface area contributed by atoms with Crippen LogP contribution in [0.2, 0.25) is 0 Å². The van der Waals surface area contributed by atoms with E-state index in [0.29, 0.717) is 42.7 Å². The molecule has 11 nitrogen and oxygen atoms in total. The van der Waals surface area contributed by atoms with Gasteiger partial charge in [0, 0.05) is 56.9 Å². The van der Waals surface area contributed by atoms with Crippen molar-refractivity contribution in [3.8, 4) is 11.8 Å². The SMILES string of the molecule is CN(C(=O)OC(C)(C)C)[C@@H](Cc1ccc(OS(=O)(=O)c2nccc3ccccc23)cc1)C(=O)N1CCN(c2ccc(C#N)cc2)CC1. The van der Waals surface area contributed by atoms with Gasteiger partial charge in [0.25, 0.3) is 0 Å². The van der Waals surface area contributed by atoms with Crippen molar-refractivity contribution in [2.24, 2.45) is 0 Å². The molecule has 1 saturated heterocycles. The maximum Gasteiger partial charge on any atom is 0.410 e. The summed E-state index contributed by atoms with van der Waals surface area (Å²) in [5.41, 5.74) is 1.50. The third-order valence-corrected chi connectivity index (χ3v) is 9.03. The maximum absolute atomic E-state index is 14.0.